The van der Waals surface area contributed by atoms with E-state index in [2.05, 4.69) is 4.98 Å². The first-order valence-corrected chi connectivity index (χ1v) is 6.39. The predicted octanol–water partition coefficient (Wildman–Crippen LogP) is 0.362. The fourth-order valence-electron chi connectivity index (χ4n) is 1.82. The monoisotopic (exact) mass is 253 g/mol. The van der Waals surface area contributed by atoms with Crippen LogP contribution >= 0.6 is 11.8 Å². The number of hydrogen-bond acceptors (Lipinski definition) is 4. The van der Waals surface area contributed by atoms with Crippen LogP contribution in [0.3, 0.4) is 0 Å². The maximum absolute atomic E-state index is 11.9. The van der Waals surface area contributed by atoms with E-state index in [-0.39, 0.29) is 17.4 Å². The first-order valence-electron chi connectivity index (χ1n) is 5.41. The van der Waals surface area contributed by atoms with E-state index < -0.39 is 0 Å². The summed E-state index contributed by atoms with van der Waals surface area (Å²) in [5.74, 6) is 0.618. The number of thioether (sulfide) groups is 1. The highest BCUT2D eigenvalue weighted by Crippen LogP contribution is 2.25. The topological polar surface area (TPSA) is 55.2 Å². The zero-order valence-electron chi connectivity index (χ0n) is 10.1. The van der Waals surface area contributed by atoms with Crippen molar-refractivity contribution in [3.63, 3.8) is 0 Å². The van der Waals surface area contributed by atoms with Gasteiger partial charge in [0, 0.05) is 38.2 Å². The molecule has 0 saturated carbocycles. The Kier molecular flexibility index (Phi) is 3.24. The van der Waals surface area contributed by atoms with E-state index in [1.807, 2.05) is 0 Å². The number of hydrogen-bond donors (Lipinski definition) is 0. The van der Waals surface area contributed by atoms with E-state index in [9.17, 15) is 9.59 Å². The van der Waals surface area contributed by atoms with Crippen molar-refractivity contribution in [2.24, 2.45) is 5.92 Å². The van der Waals surface area contributed by atoms with Crippen LogP contribution in [0.25, 0.3) is 0 Å². The van der Waals surface area contributed by atoms with Gasteiger partial charge >= 0.3 is 0 Å². The van der Waals surface area contributed by atoms with E-state index in [0.29, 0.717) is 23.0 Å². The van der Waals surface area contributed by atoms with Gasteiger partial charge in [0.05, 0.1) is 5.92 Å². The molecule has 0 spiro atoms. The summed E-state index contributed by atoms with van der Waals surface area (Å²) in [7, 11) is 3.47. The summed E-state index contributed by atoms with van der Waals surface area (Å²) in [6, 6.07) is 0. The van der Waals surface area contributed by atoms with Crippen molar-refractivity contribution in [2.75, 3.05) is 19.8 Å². The van der Waals surface area contributed by atoms with Crippen LogP contribution in [0.1, 0.15) is 5.56 Å². The zero-order chi connectivity index (χ0) is 12.6. The zero-order valence-corrected chi connectivity index (χ0v) is 11.0. The molecule has 0 aliphatic carbocycles. The van der Waals surface area contributed by atoms with Crippen LogP contribution < -0.4 is 5.56 Å². The fraction of sp³-hybridized carbons (Fsp3) is 0.545. The standard InChI is InChI=1S/C11H15N3O2S/c1-7-4-12-11-14(9(7)15)5-8(6-17-11)10(16)13(2)3/h4,8H,5-6H2,1-3H3. The van der Waals surface area contributed by atoms with Gasteiger partial charge in [-0.1, -0.05) is 11.8 Å². The van der Waals surface area contributed by atoms with Crippen molar-refractivity contribution in [2.45, 2.75) is 18.6 Å². The summed E-state index contributed by atoms with van der Waals surface area (Å²) in [5.41, 5.74) is 0.575. The fourth-order valence-corrected chi connectivity index (χ4v) is 2.85. The largest absolute Gasteiger partial charge is 0.348 e. The molecule has 92 valence electrons. The Morgan fingerprint density at radius 1 is 1.59 bits per heavy atom. The highest BCUT2D eigenvalue weighted by atomic mass is 32.2. The molecule has 0 radical (unpaired) electrons. The van der Waals surface area contributed by atoms with Crippen LogP contribution in [0, 0.1) is 12.8 Å². The molecule has 0 saturated heterocycles. The molecule has 0 aromatic carbocycles. The molecule has 1 atom stereocenters. The van der Waals surface area contributed by atoms with Gasteiger partial charge in [0.25, 0.3) is 5.56 Å². The average Bonchev–Trinajstić information content (AvgIpc) is 2.32. The Labute approximate surface area is 104 Å². The number of carbonyl (C=O) groups excluding carboxylic acids is 1. The molecule has 6 heteroatoms. The summed E-state index contributed by atoms with van der Waals surface area (Å²) in [5, 5.41) is 0.711. The SMILES string of the molecule is Cc1cnc2n(c1=O)CC(C(=O)N(C)C)CS2. The molecule has 1 unspecified atom stereocenters. The van der Waals surface area contributed by atoms with Crippen LogP contribution in [0.4, 0.5) is 0 Å². The van der Waals surface area contributed by atoms with Crippen LogP contribution in [0.15, 0.2) is 16.1 Å². The summed E-state index contributed by atoms with van der Waals surface area (Å²) >= 11 is 1.47. The number of rotatable bonds is 1. The molecule has 2 heterocycles. The van der Waals surface area contributed by atoms with Crippen molar-refractivity contribution < 1.29 is 4.79 Å². The number of aromatic nitrogens is 2. The summed E-state index contributed by atoms with van der Waals surface area (Å²) in [6.45, 7) is 2.18. The lowest BCUT2D eigenvalue weighted by Gasteiger charge is -2.26. The average molecular weight is 253 g/mol. The third kappa shape index (κ3) is 2.22. The van der Waals surface area contributed by atoms with Crippen molar-refractivity contribution in [3.05, 3.63) is 22.1 Å². The molecule has 1 amide bonds. The third-order valence-corrected chi connectivity index (χ3v) is 3.94. The molecule has 0 fully saturated rings. The molecule has 1 aromatic heterocycles. The first-order chi connectivity index (χ1) is 8.00. The molecule has 1 aliphatic rings. The minimum atomic E-state index is -0.135. The predicted molar refractivity (Wildman–Crippen MR) is 66.1 cm³/mol. The van der Waals surface area contributed by atoms with Crippen LogP contribution in [-0.4, -0.2) is 40.2 Å². The second-order valence-electron chi connectivity index (χ2n) is 4.38. The van der Waals surface area contributed by atoms with Crippen molar-refractivity contribution in [1.29, 1.82) is 0 Å². The van der Waals surface area contributed by atoms with Crippen LogP contribution in [0.5, 0.6) is 0 Å². The van der Waals surface area contributed by atoms with Crippen molar-refractivity contribution in [3.8, 4) is 0 Å². The molecule has 17 heavy (non-hydrogen) atoms. The normalized spacial score (nSPS) is 18.6. The van der Waals surface area contributed by atoms with E-state index in [0.717, 1.165) is 0 Å². The number of nitrogens with zero attached hydrogens (tertiary/aromatic N) is 3. The Morgan fingerprint density at radius 3 is 2.94 bits per heavy atom. The van der Waals surface area contributed by atoms with E-state index in [1.54, 1.807) is 36.7 Å². The van der Waals surface area contributed by atoms with Gasteiger partial charge in [-0.3, -0.25) is 14.2 Å². The van der Waals surface area contributed by atoms with Gasteiger partial charge in [0.15, 0.2) is 5.16 Å². The Hall–Kier alpha value is -1.30. The maximum atomic E-state index is 11.9. The van der Waals surface area contributed by atoms with Crippen molar-refractivity contribution >= 4 is 17.7 Å². The van der Waals surface area contributed by atoms with Crippen molar-refractivity contribution in [1.82, 2.24) is 14.5 Å². The number of carbonyl (C=O) groups is 1. The van der Waals surface area contributed by atoms with Gasteiger partial charge in [0.2, 0.25) is 5.91 Å². The van der Waals surface area contributed by atoms with E-state index in [4.69, 9.17) is 0 Å². The van der Waals surface area contributed by atoms with E-state index >= 15 is 0 Å². The third-order valence-electron chi connectivity index (χ3n) is 2.79. The molecule has 5 nitrogen and oxygen atoms in total. The van der Waals surface area contributed by atoms with Gasteiger partial charge in [-0.2, -0.15) is 0 Å². The Bertz CT molecular complexity index is 510. The minimum Gasteiger partial charge on any atom is -0.348 e. The van der Waals surface area contributed by atoms with Gasteiger partial charge in [-0.05, 0) is 6.92 Å². The number of aryl methyl sites for hydroxylation is 1. The maximum Gasteiger partial charge on any atom is 0.257 e. The highest BCUT2D eigenvalue weighted by molar-refractivity contribution is 7.99. The Morgan fingerprint density at radius 2 is 2.29 bits per heavy atom. The lowest BCUT2D eigenvalue weighted by atomic mass is 10.1. The van der Waals surface area contributed by atoms with Gasteiger partial charge in [-0.25, -0.2) is 4.98 Å². The van der Waals surface area contributed by atoms with Gasteiger partial charge < -0.3 is 4.90 Å². The Balaban J connectivity index is 2.33. The highest BCUT2D eigenvalue weighted by Gasteiger charge is 2.27. The first kappa shape index (κ1) is 12.2. The molecular formula is C11H15N3O2S. The van der Waals surface area contributed by atoms with Gasteiger partial charge in [-0.15, -0.1) is 0 Å². The second-order valence-corrected chi connectivity index (χ2v) is 5.37. The summed E-state index contributed by atoms with van der Waals surface area (Å²) < 4.78 is 1.61. The molecule has 0 N–H and O–H groups in total. The summed E-state index contributed by atoms with van der Waals surface area (Å²) in [6.07, 6.45) is 1.59. The van der Waals surface area contributed by atoms with Gasteiger partial charge in [0.1, 0.15) is 0 Å². The van der Waals surface area contributed by atoms with E-state index in [1.165, 1.54) is 11.8 Å². The number of fused-ring (bicyclic) bond motifs is 1. The molecular weight excluding hydrogens is 238 g/mol. The molecule has 1 aromatic rings. The lowest BCUT2D eigenvalue weighted by Crippen LogP contribution is -2.39. The second kappa shape index (κ2) is 4.52. The van der Waals surface area contributed by atoms with Crippen LogP contribution in [-0.2, 0) is 11.3 Å². The molecule has 1 aliphatic heterocycles. The summed E-state index contributed by atoms with van der Waals surface area (Å²) in [4.78, 5) is 29.6. The van der Waals surface area contributed by atoms with Crippen LogP contribution in [0.2, 0.25) is 0 Å². The molecule has 0 bridgehead atoms. The smallest absolute Gasteiger partial charge is 0.257 e. The minimum absolute atomic E-state index is 0.0428. The number of amides is 1. The quantitative estimate of drug-likeness (QED) is 0.678. The molecule has 2 rings (SSSR count). The lowest BCUT2D eigenvalue weighted by molar-refractivity contribution is -0.132.